The number of piperazine rings is 1. The van der Waals surface area contributed by atoms with Crippen molar-refractivity contribution >= 4 is 17.0 Å². The Balaban J connectivity index is 1.41. The van der Waals surface area contributed by atoms with Crippen LogP contribution in [-0.4, -0.2) is 40.8 Å². The van der Waals surface area contributed by atoms with Crippen molar-refractivity contribution < 1.29 is 0 Å². The summed E-state index contributed by atoms with van der Waals surface area (Å²) in [5.41, 5.74) is 7.25. The number of nitrogens with zero attached hydrogens (tertiary/aromatic N) is 5. The highest BCUT2D eigenvalue weighted by Gasteiger charge is 2.22. The lowest BCUT2D eigenvalue weighted by Crippen LogP contribution is -2.47. The van der Waals surface area contributed by atoms with E-state index in [1.54, 1.807) is 0 Å². The molecule has 2 aromatic heterocycles. The molecule has 0 unspecified atom stereocenters. The first kappa shape index (κ1) is 17.7. The van der Waals surface area contributed by atoms with Gasteiger partial charge in [-0.05, 0) is 37.1 Å². The minimum absolute atomic E-state index is 0.950. The third kappa shape index (κ3) is 3.23. The molecule has 1 aliphatic rings. The molecule has 2 aromatic carbocycles. The lowest BCUT2D eigenvalue weighted by Gasteiger charge is -2.37. The number of hydrogen-bond donors (Lipinski definition) is 0. The van der Waals surface area contributed by atoms with E-state index in [-0.39, 0.29) is 0 Å². The van der Waals surface area contributed by atoms with Gasteiger partial charge in [0.2, 0.25) is 0 Å². The molecule has 0 saturated carbocycles. The van der Waals surface area contributed by atoms with Gasteiger partial charge < -0.3 is 9.80 Å². The molecule has 1 saturated heterocycles. The van der Waals surface area contributed by atoms with Gasteiger partial charge in [-0.2, -0.15) is 5.10 Å². The zero-order valence-electron chi connectivity index (χ0n) is 16.9. The fourth-order valence-corrected chi connectivity index (χ4v) is 4.14. The predicted octanol–water partition coefficient (Wildman–Crippen LogP) is 4.34. The molecule has 5 nitrogen and oxygen atoms in total. The van der Waals surface area contributed by atoms with Crippen LogP contribution in [-0.2, 0) is 0 Å². The van der Waals surface area contributed by atoms with E-state index < -0.39 is 0 Å². The van der Waals surface area contributed by atoms with Crippen LogP contribution in [0.15, 0.2) is 67.0 Å². The summed E-state index contributed by atoms with van der Waals surface area (Å²) in [5.74, 6) is 1.02. The number of hydrogen-bond acceptors (Lipinski definition) is 4. The SMILES string of the molecule is Cc1cccc(N2CCN(c3nccn4nc(-c5ccccc5)cc34)CC2)c1C. The molecule has 1 fully saturated rings. The van der Waals surface area contributed by atoms with E-state index in [4.69, 9.17) is 10.1 Å². The van der Waals surface area contributed by atoms with Crippen molar-refractivity contribution in [3.63, 3.8) is 0 Å². The second kappa shape index (κ2) is 7.24. The first-order chi connectivity index (χ1) is 14.2. The zero-order valence-corrected chi connectivity index (χ0v) is 16.9. The summed E-state index contributed by atoms with van der Waals surface area (Å²) in [6.07, 6.45) is 3.78. The molecule has 5 rings (SSSR count). The summed E-state index contributed by atoms with van der Waals surface area (Å²) in [6, 6.07) is 19.0. The summed E-state index contributed by atoms with van der Waals surface area (Å²) in [5, 5.41) is 4.76. The van der Waals surface area contributed by atoms with Gasteiger partial charge in [-0.1, -0.05) is 42.5 Å². The second-order valence-electron chi connectivity index (χ2n) is 7.67. The molecule has 0 radical (unpaired) electrons. The van der Waals surface area contributed by atoms with Crippen molar-refractivity contribution in [2.75, 3.05) is 36.0 Å². The highest BCUT2D eigenvalue weighted by Crippen LogP contribution is 2.28. The van der Waals surface area contributed by atoms with E-state index in [1.165, 1.54) is 16.8 Å². The van der Waals surface area contributed by atoms with Crippen molar-refractivity contribution in [1.82, 2.24) is 14.6 Å². The van der Waals surface area contributed by atoms with Crippen LogP contribution < -0.4 is 9.80 Å². The van der Waals surface area contributed by atoms with E-state index in [0.717, 1.165) is 48.8 Å². The molecule has 0 aliphatic carbocycles. The quantitative estimate of drug-likeness (QED) is 0.527. The summed E-state index contributed by atoms with van der Waals surface area (Å²) in [4.78, 5) is 9.59. The smallest absolute Gasteiger partial charge is 0.154 e. The van der Waals surface area contributed by atoms with E-state index in [9.17, 15) is 0 Å². The lowest BCUT2D eigenvalue weighted by molar-refractivity contribution is 0.646. The van der Waals surface area contributed by atoms with Crippen LogP contribution in [0.5, 0.6) is 0 Å². The van der Waals surface area contributed by atoms with Crippen LogP contribution in [0.3, 0.4) is 0 Å². The normalized spacial score (nSPS) is 14.6. The fourth-order valence-electron chi connectivity index (χ4n) is 4.14. The van der Waals surface area contributed by atoms with Gasteiger partial charge >= 0.3 is 0 Å². The van der Waals surface area contributed by atoms with Gasteiger partial charge in [0.25, 0.3) is 0 Å². The van der Waals surface area contributed by atoms with Crippen molar-refractivity contribution in [1.29, 1.82) is 0 Å². The third-order valence-electron chi connectivity index (χ3n) is 5.94. The Morgan fingerprint density at radius 1 is 0.828 bits per heavy atom. The molecular weight excluding hydrogens is 358 g/mol. The summed E-state index contributed by atoms with van der Waals surface area (Å²) in [6.45, 7) is 8.29. The van der Waals surface area contributed by atoms with Crippen LogP contribution in [0, 0.1) is 13.8 Å². The Labute approximate surface area is 171 Å². The Hall–Kier alpha value is -3.34. The third-order valence-corrected chi connectivity index (χ3v) is 5.94. The van der Waals surface area contributed by atoms with Crippen molar-refractivity contribution in [2.24, 2.45) is 0 Å². The van der Waals surface area contributed by atoms with Crippen molar-refractivity contribution in [3.05, 3.63) is 78.1 Å². The molecule has 29 heavy (non-hydrogen) atoms. The molecule has 146 valence electrons. The monoisotopic (exact) mass is 383 g/mol. The minimum atomic E-state index is 0.950. The highest BCUT2D eigenvalue weighted by molar-refractivity contribution is 5.75. The number of fused-ring (bicyclic) bond motifs is 1. The van der Waals surface area contributed by atoms with Gasteiger partial charge in [0, 0.05) is 49.8 Å². The maximum atomic E-state index is 4.76. The topological polar surface area (TPSA) is 36.7 Å². The van der Waals surface area contributed by atoms with Gasteiger partial charge in [0.15, 0.2) is 5.82 Å². The van der Waals surface area contributed by atoms with Gasteiger partial charge in [-0.15, -0.1) is 0 Å². The number of anilines is 2. The molecule has 0 N–H and O–H groups in total. The van der Waals surface area contributed by atoms with Crippen LogP contribution >= 0.6 is 0 Å². The summed E-state index contributed by atoms with van der Waals surface area (Å²) >= 11 is 0. The average Bonchev–Trinajstić information content (AvgIpc) is 3.21. The number of benzene rings is 2. The Morgan fingerprint density at radius 2 is 1.59 bits per heavy atom. The highest BCUT2D eigenvalue weighted by atomic mass is 15.3. The maximum Gasteiger partial charge on any atom is 0.154 e. The minimum Gasteiger partial charge on any atom is -0.368 e. The largest absolute Gasteiger partial charge is 0.368 e. The van der Waals surface area contributed by atoms with E-state index in [1.807, 2.05) is 35.1 Å². The maximum absolute atomic E-state index is 4.76. The Bertz CT molecular complexity index is 1140. The molecule has 5 heteroatoms. The molecule has 1 aliphatic heterocycles. The molecule has 0 amide bonds. The van der Waals surface area contributed by atoms with E-state index in [0.29, 0.717) is 0 Å². The van der Waals surface area contributed by atoms with Gasteiger partial charge in [-0.25, -0.2) is 9.50 Å². The fraction of sp³-hybridized carbons (Fsp3) is 0.250. The van der Waals surface area contributed by atoms with Crippen LogP contribution in [0.1, 0.15) is 11.1 Å². The summed E-state index contributed by atoms with van der Waals surface area (Å²) in [7, 11) is 0. The Kier molecular flexibility index (Phi) is 4.43. The first-order valence-corrected chi connectivity index (χ1v) is 10.2. The van der Waals surface area contributed by atoms with Crippen LogP contribution in [0.2, 0.25) is 0 Å². The van der Waals surface area contributed by atoms with E-state index >= 15 is 0 Å². The number of aryl methyl sites for hydroxylation is 1. The average molecular weight is 383 g/mol. The number of rotatable bonds is 3. The molecule has 3 heterocycles. The van der Waals surface area contributed by atoms with Crippen LogP contribution in [0.4, 0.5) is 11.5 Å². The molecule has 4 aromatic rings. The molecule has 0 atom stereocenters. The number of aromatic nitrogens is 3. The zero-order chi connectivity index (χ0) is 19.8. The molecular formula is C24H25N5. The van der Waals surface area contributed by atoms with Crippen molar-refractivity contribution in [3.8, 4) is 11.3 Å². The van der Waals surface area contributed by atoms with Crippen LogP contribution in [0.25, 0.3) is 16.8 Å². The first-order valence-electron chi connectivity index (χ1n) is 10.2. The summed E-state index contributed by atoms with van der Waals surface area (Å²) < 4.78 is 1.95. The lowest BCUT2D eigenvalue weighted by atomic mass is 10.1. The second-order valence-corrected chi connectivity index (χ2v) is 7.67. The van der Waals surface area contributed by atoms with Gasteiger partial charge in [0.1, 0.15) is 5.52 Å². The predicted molar refractivity (Wildman–Crippen MR) is 119 cm³/mol. The van der Waals surface area contributed by atoms with Crippen molar-refractivity contribution in [2.45, 2.75) is 13.8 Å². The van der Waals surface area contributed by atoms with E-state index in [2.05, 4.69) is 60.0 Å². The van der Waals surface area contributed by atoms with Gasteiger partial charge in [0.05, 0.1) is 5.69 Å². The molecule has 0 bridgehead atoms. The standard InChI is InChI=1S/C24H25N5/c1-18-7-6-10-22(19(18)2)27-13-15-28(16-14-27)24-23-17-21(20-8-4-3-5-9-20)26-29(23)12-11-25-24/h3-12,17H,13-16H2,1-2H3. The molecule has 0 spiro atoms. The van der Waals surface area contributed by atoms with Gasteiger partial charge in [-0.3, -0.25) is 0 Å². The Morgan fingerprint density at radius 3 is 2.38 bits per heavy atom.